The molecule has 3 fully saturated rings. The van der Waals surface area contributed by atoms with Crippen LogP contribution in [-0.2, 0) is 14.2 Å². The largest absolute Gasteiger partial charge is 0.387 e. The van der Waals surface area contributed by atoms with E-state index in [0.29, 0.717) is 5.82 Å². The summed E-state index contributed by atoms with van der Waals surface area (Å²) < 4.78 is 20.3. The first-order valence-electron chi connectivity index (χ1n) is 8.97. The molecule has 4 heterocycles. The van der Waals surface area contributed by atoms with Crippen LogP contribution in [-0.4, -0.2) is 74.2 Å². The van der Waals surface area contributed by atoms with Crippen molar-refractivity contribution in [1.29, 1.82) is 0 Å². The molecule has 5 atom stereocenters. The minimum absolute atomic E-state index is 0.414. The van der Waals surface area contributed by atoms with Crippen molar-refractivity contribution in [1.82, 2.24) is 19.5 Å². The topological polar surface area (TPSA) is 93.7 Å². The Morgan fingerprint density at radius 3 is 2.78 bits per heavy atom. The normalized spacial score (nSPS) is 39.1. The highest BCUT2D eigenvalue weighted by molar-refractivity contribution is 5.71. The number of rotatable bonds is 3. The highest BCUT2D eigenvalue weighted by atomic mass is 16.8. The van der Waals surface area contributed by atoms with Gasteiger partial charge in [-0.2, -0.15) is 5.10 Å². The van der Waals surface area contributed by atoms with Crippen molar-refractivity contribution in [2.75, 3.05) is 14.1 Å². The van der Waals surface area contributed by atoms with Crippen LogP contribution in [0.2, 0.25) is 0 Å². The fourth-order valence-corrected chi connectivity index (χ4v) is 4.45. The van der Waals surface area contributed by atoms with Gasteiger partial charge >= 0.3 is 0 Å². The lowest BCUT2D eigenvalue weighted by Crippen LogP contribution is -2.32. The molecule has 2 unspecified atom stereocenters. The first kappa shape index (κ1) is 17.1. The Kier molecular flexibility index (Phi) is 3.19. The Hall–Kier alpha value is -2.07. The summed E-state index contributed by atoms with van der Waals surface area (Å²) in [5.74, 6) is -0.216. The van der Waals surface area contributed by atoms with Gasteiger partial charge in [-0.15, -0.1) is 0 Å². The van der Waals surface area contributed by atoms with E-state index in [4.69, 9.17) is 14.2 Å². The molecule has 0 radical (unpaired) electrons. The molecule has 1 aliphatic carbocycles. The van der Waals surface area contributed by atoms with Gasteiger partial charge in [0.2, 0.25) is 0 Å². The SMILES string of the molecule is CN(C)/C=N\c1ncnn2c([C@@H]3O[C@]4(C)C(O)C45OC(C)(C)O[C@@H]35)ccc12. The van der Waals surface area contributed by atoms with Crippen molar-refractivity contribution in [2.45, 2.75) is 56.1 Å². The van der Waals surface area contributed by atoms with Gasteiger partial charge in [0.05, 0.1) is 12.0 Å². The fourth-order valence-electron chi connectivity index (χ4n) is 4.45. The van der Waals surface area contributed by atoms with E-state index in [0.717, 1.165) is 11.2 Å². The third kappa shape index (κ3) is 2.05. The minimum Gasteiger partial charge on any atom is -0.387 e. The van der Waals surface area contributed by atoms with Gasteiger partial charge in [-0.1, -0.05) is 0 Å². The molecule has 9 nitrogen and oxygen atoms in total. The summed E-state index contributed by atoms with van der Waals surface area (Å²) in [5, 5.41) is 14.9. The monoisotopic (exact) mass is 373 g/mol. The molecule has 1 N–H and O–H groups in total. The highest BCUT2D eigenvalue weighted by Gasteiger charge is 2.90. The van der Waals surface area contributed by atoms with E-state index < -0.39 is 35.3 Å². The molecule has 0 aromatic carbocycles. The van der Waals surface area contributed by atoms with Crippen LogP contribution in [0.5, 0.6) is 0 Å². The predicted molar refractivity (Wildman–Crippen MR) is 95.8 cm³/mol. The van der Waals surface area contributed by atoms with Gasteiger partial charge in [0.1, 0.15) is 35.8 Å². The standard InChI is InChI=1S/C18H23N5O4/c1-16(2)26-13-12(25-17(3)15(24)18(13,17)27-16)10-6-7-11-14(20-9-22(4)5)19-8-21-23(10)11/h6-9,12-13,15,24H,1-5H3/b20-9-/t12-,13-,15?,17+,18?/m0/s1. The van der Waals surface area contributed by atoms with Gasteiger partial charge in [0.25, 0.3) is 0 Å². The Morgan fingerprint density at radius 2 is 2.04 bits per heavy atom. The number of hydrogen-bond acceptors (Lipinski definition) is 7. The van der Waals surface area contributed by atoms with Crippen molar-refractivity contribution < 1.29 is 19.3 Å². The zero-order valence-electron chi connectivity index (χ0n) is 15.9. The molecule has 9 heteroatoms. The van der Waals surface area contributed by atoms with Crippen LogP contribution in [0.25, 0.3) is 5.52 Å². The summed E-state index contributed by atoms with van der Waals surface area (Å²) >= 11 is 0. The maximum atomic E-state index is 10.5. The molecule has 144 valence electrons. The second-order valence-corrected chi connectivity index (χ2v) is 8.23. The average molecular weight is 373 g/mol. The quantitative estimate of drug-likeness (QED) is 0.635. The molecule has 0 amide bonds. The summed E-state index contributed by atoms with van der Waals surface area (Å²) in [6, 6.07) is 3.85. The van der Waals surface area contributed by atoms with Gasteiger partial charge in [0, 0.05) is 14.1 Å². The van der Waals surface area contributed by atoms with Crippen LogP contribution in [0.4, 0.5) is 5.82 Å². The number of nitrogens with zero attached hydrogens (tertiary/aromatic N) is 5. The Morgan fingerprint density at radius 1 is 1.26 bits per heavy atom. The lowest BCUT2D eigenvalue weighted by atomic mass is 10.0. The molecule has 2 saturated heterocycles. The first-order chi connectivity index (χ1) is 12.7. The molecule has 1 saturated carbocycles. The molecular formula is C18H23N5O4. The molecule has 5 rings (SSSR count). The number of aliphatic imine (C=N–C) groups is 1. The molecule has 2 aromatic heterocycles. The van der Waals surface area contributed by atoms with Gasteiger partial charge in [-0.3, -0.25) is 0 Å². The lowest BCUT2D eigenvalue weighted by molar-refractivity contribution is -0.186. The number of aliphatic hydroxyl groups excluding tert-OH is 1. The van der Waals surface area contributed by atoms with Crippen LogP contribution >= 0.6 is 0 Å². The van der Waals surface area contributed by atoms with Crippen LogP contribution in [0.15, 0.2) is 23.5 Å². The Balaban J connectivity index is 1.57. The van der Waals surface area contributed by atoms with E-state index in [1.165, 1.54) is 6.33 Å². The summed E-state index contributed by atoms with van der Waals surface area (Å²) in [5.41, 5.74) is -0.0450. The zero-order valence-corrected chi connectivity index (χ0v) is 15.9. The van der Waals surface area contributed by atoms with Gasteiger partial charge in [0.15, 0.2) is 17.2 Å². The minimum atomic E-state index is -0.843. The van der Waals surface area contributed by atoms with E-state index in [1.54, 1.807) is 10.9 Å². The van der Waals surface area contributed by atoms with Crippen molar-refractivity contribution >= 4 is 17.7 Å². The van der Waals surface area contributed by atoms with E-state index in [9.17, 15) is 5.11 Å². The second kappa shape index (κ2) is 5.05. The Bertz CT molecular complexity index is 956. The number of aromatic nitrogens is 3. The fraction of sp³-hybridized carbons (Fsp3) is 0.611. The van der Waals surface area contributed by atoms with Crippen molar-refractivity contribution in [3.8, 4) is 0 Å². The number of ether oxygens (including phenoxy) is 3. The summed E-state index contributed by atoms with van der Waals surface area (Å²) in [6.45, 7) is 5.58. The molecule has 1 spiro atoms. The number of hydrogen-bond donors (Lipinski definition) is 1. The number of fused-ring (bicyclic) bond motifs is 1. The maximum absolute atomic E-state index is 10.5. The summed E-state index contributed by atoms with van der Waals surface area (Å²) in [6.07, 6.45) is 1.61. The third-order valence-electron chi connectivity index (χ3n) is 5.68. The van der Waals surface area contributed by atoms with Gasteiger partial charge < -0.3 is 24.2 Å². The van der Waals surface area contributed by atoms with Crippen molar-refractivity contribution in [3.63, 3.8) is 0 Å². The average Bonchev–Trinajstić information content (AvgIpc) is 3.03. The predicted octanol–water partition coefficient (Wildman–Crippen LogP) is 1.05. The second-order valence-electron chi connectivity index (χ2n) is 8.23. The van der Waals surface area contributed by atoms with Crippen LogP contribution < -0.4 is 0 Å². The Labute approximate surface area is 156 Å². The molecule has 27 heavy (non-hydrogen) atoms. The van der Waals surface area contributed by atoms with E-state index in [2.05, 4.69) is 15.1 Å². The number of aliphatic hydroxyl groups is 1. The van der Waals surface area contributed by atoms with Crippen LogP contribution in [0.3, 0.4) is 0 Å². The zero-order chi connectivity index (χ0) is 19.2. The third-order valence-corrected chi connectivity index (χ3v) is 5.68. The van der Waals surface area contributed by atoms with Crippen LogP contribution in [0, 0.1) is 0 Å². The van der Waals surface area contributed by atoms with Crippen LogP contribution in [0.1, 0.15) is 32.6 Å². The van der Waals surface area contributed by atoms with Crippen molar-refractivity contribution in [2.24, 2.45) is 4.99 Å². The smallest absolute Gasteiger partial charge is 0.181 e. The van der Waals surface area contributed by atoms with E-state index in [1.807, 2.05) is 51.9 Å². The molecule has 3 aliphatic rings. The first-order valence-corrected chi connectivity index (χ1v) is 8.97. The van der Waals surface area contributed by atoms with E-state index in [-0.39, 0.29) is 0 Å². The lowest BCUT2D eigenvalue weighted by Gasteiger charge is -2.24. The highest BCUT2D eigenvalue weighted by Crippen LogP contribution is 2.70. The van der Waals surface area contributed by atoms with E-state index >= 15 is 0 Å². The molecule has 2 aliphatic heterocycles. The summed E-state index contributed by atoms with van der Waals surface area (Å²) in [4.78, 5) is 10.5. The molecule has 0 bridgehead atoms. The van der Waals surface area contributed by atoms with Crippen molar-refractivity contribution in [3.05, 3.63) is 24.2 Å². The summed E-state index contributed by atoms with van der Waals surface area (Å²) in [7, 11) is 3.80. The van der Waals surface area contributed by atoms with Gasteiger partial charge in [-0.05, 0) is 32.9 Å². The van der Waals surface area contributed by atoms with Gasteiger partial charge in [-0.25, -0.2) is 14.5 Å². The molecular weight excluding hydrogens is 350 g/mol. The molecule has 2 aromatic rings. The maximum Gasteiger partial charge on any atom is 0.181 e.